The number of nitrogens with zero attached hydrogens (tertiary/aromatic N) is 3. The summed E-state index contributed by atoms with van der Waals surface area (Å²) >= 11 is 0. The van der Waals surface area contributed by atoms with Crippen LogP contribution in [0.2, 0.25) is 0 Å². The number of aliphatic hydroxyl groups is 1. The van der Waals surface area contributed by atoms with E-state index in [2.05, 4.69) is 15.0 Å². The molecule has 2 aromatic heterocycles. The smallest absolute Gasteiger partial charge is 0.280 e. The molecule has 1 aliphatic heterocycles. The quantitative estimate of drug-likeness (QED) is 0.139. The predicted molar refractivity (Wildman–Crippen MR) is 175 cm³/mol. The van der Waals surface area contributed by atoms with Gasteiger partial charge in [0.25, 0.3) is 5.56 Å². The Hall–Kier alpha value is -5.11. The number of ether oxygens (including phenoxy) is 4. The van der Waals surface area contributed by atoms with E-state index in [1.165, 1.54) is 0 Å². The van der Waals surface area contributed by atoms with Gasteiger partial charge >= 0.3 is 0 Å². The molecule has 0 aliphatic carbocycles. The number of nitrogens with two attached hydrogens (primary N) is 1. The molecular weight excluding hydrogens is 621 g/mol. The van der Waals surface area contributed by atoms with Crippen LogP contribution < -0.4 is 20.8 Å². The SMILES string of the molecule is COc1ccc(C(OC[C@H]2O[C@@H](n3c(C(=O)C(C)C)nc4c(=O)[nH]c(N)nc43)[C@H](F)[C@@H]2O)(c2ccccc2)c2ccc(OC)cc2)cc1. The van der Waals surface area contributed by atoms with Crippen LogP contribution in [0.25, 0.3) is 11.2 Å². The van der Waals surface area contributed by atoms with E-state index < -0.39 is 47.5 Å². The molecule has 0 radical (unpaired) electrons. The minimum Gasteiger partial charge on any atom is -0.497 e. The Labute approximate surface area is 275 Å². The summed E-state index contributed by atoms with van der Waals surface area (Å²) in [6.45, 7) is 3.00. The standard InChI is InChI=1S/C35H36FN5O7/c1-19(2)28(42)31-38-27-30(39-34(37)40-32(27)44)41(31)33-26(36)29(43)25(48-33)18-47-35(20-8-6-5-7-9-20,21-10-14-23(45-3)15-11-21)22-12-16-24(46-4)17-13-22/h5-17,19,25-26,29,33,43H,18H2,1-4H3,(H3,37,39,40,44)/t25-,26-,29-,33-/m1/s1. The zero-order valence-electron chi connectivity index (χ0n) is 26.8. The highest BCUT2D eigenvalue weighted by molar-refractivity contribution is 5.97. The fourth-order valence-electron chi connectivity index (χ4n) is 6.00. The number of carbonyl (C=O) groups is 1. The van der Waals surface area contributed by atoms with Crippen molar-refractivity contribution in [1.29, 1.82) is 0 Å². The van der Waals surface area contributed by atoms with Gasteiger partial charge in [0.15, 0.2) is 29.4 Å². The zero-order chi connectivity index (χ0) is 34.2. The van der Waals surface area contributed by atoms with E-state index in [1.807, 2.05) is 78.9 Å². The number of aromatic nitrogens is 4. The van der Waals surface area contributed by atoms with Crippen LogP contribution in [0, 0.1) is 5.92 Å². The summed E-state index contributed by atoms with van der Waals surface area (Å²) < 4.78 is 41.1. The fraction of sp³-hybridized carbons (Fsp3) is 0.314. The lowest BCUT2D eigenvalue weighted by Gasteiger charge is -2.37. The van der Waals surface area contributed by atoms with E-state index in [0.29, 0.717) is 11.5 Å². The molecule has 1 saturated heterocycles. The van der Waals surface area contributed by atoms with Crippen molar-refractivity contribution >= 4 is 22.9 Å². The Balaban J connectivity index is 1.43. The molecule has 3 heterocycles. The molecule has 1 fully saturated rings. The molecule has 1 aliphatic rings. The molecule has 3 aromatic carbocycles. The van der Waals surface area contributed by atoms with Gasteiger partial charge in [-0.2, -0.15) is 4.98 Å². The first-order valence-corrected chi connectivity index (χ1v) is 15.4. The lowest BCUT2D eigenvalue weighted by Crippen LogP contribution is -2.39. The number of methoxy groups -OCH3 is 2. The van der Waals surface area contributed by atoms with Gasteiger partial charge in [-0.3, -0.25) is 19.1 Å². The maximum Gasteiger partial charge on any atom is 0.280 e. The van der Waals surface area contributed by atoms with Gasteiger partial charge in [0.2, 0.25) is 11.7 Å². The number of hydrogen-bond acceptors (Lipinski definition) is 10. The molecule has 0 unspecified atom stereocenters. The first-order valence-electron chi connectivity index (χ1n) is 15.4. The number of ketones is 1. The summed E-state index contributed by atoms with van der Waals surface area (Å²) in [5, 5.41) is 11.2. The number of anilines is 1. The van der Waals surface area contributed by atoms with Gasteiger partial charge in [0.1, 0.15) is 29.3 Å². The van der Waals surface area contributed by atoms with Crippen molar-refractivity contribution in [2.75, 3.05) is 26.6 Å². The van der Waals surface area contributed by atoms with Crippen LogP contribution in [-0.2, 0) is 15.1 Å². The summed E-state index contributed by atoms with van der Waals surface area (Å²) in [4.78, 5) is 36.6. The third-order valence-corrected chi connectivity index (χ3v) is 8.50. The lowest BCUT2D eigenvalue weighted by molar-refractivity contribution is -0.0938. The van der Waals surface area contributed by atoms with Gasteiger partial charge in [0, 0.05) is 5.92 Å². The number of hydrogen-bond donors (Lipinski definition) is 3. The van der Waals surface area contributed by atoms with Crippen LogP contribution >= 0.6 is 0 Å². The summed E-state index contributed by atoms with van der Waals surface area (Å²) in [6.07, 6.45) is -6.53. The van der Waals surface area contributed by atoms with E-state index in [9.17, 15) is 14.7 Å². The van der Waals surface area contributed by atoms with E-state index in [1.54, 1.807) is 28.1 Å². The van der Waals surface area contributed by atoms with E-state index >= 15 is 4.39 Å². The number of carbonyl (C=O) groups excluding carboxylic acids is 1. The molecule has 13 heteroatoms. The molecule has 0 amide bonds. The summed E-state index contributed by atoms with van der Waals surface area (Å²) in [5.74, 6) is -0.238. The van der Waals surface area contributed by atoms with Crippen LogP contribution in [0.3, 0.4) is 0 Å². The third kappa shape index (κ3) is 5.69. The van der Waals surface area contributed by atoms with Gasteiger partial charge in [-0.25, -0.2) is 9.37 Å². The van der Waals surface area contributed by atoms with Crippen molar-refractivity contribution in [3.05, 3.63) is 112 Å². The Morgan fingerprint density at radius 1 is 0.979 bits per heavy atom. The minimum atomic E-state index is -2.05. The number of aromatic amines is 1. The van der Waals surface area contributed by atoms with Gasteiger partial charge in [0.05, 0.1) is 20.8 Å². The summed E-state index contributed by atoms with van der Waals surface area (Å²) in [6, 6.07) is 24.2. The topological polar surface area (TPSA) is 164 Å². The van der Waals surface area contributed by atoms with Gasteiger partial charge in [-0.15, -0.1) is 0 Å². The highest BCUT2D eigenvalue weighted by Gasteiger charge is 2.49. The van der Waals surface area contributed by atoms with E-state index in [-0.39, 0.29) is 29.5 Å². The number of imidazole rings is 1. The Bertz CT molecular complexity index is 1910. The predicted octanol–water partition coefficient (Wildman–Crippen LogP) is 4.16. The first-order chi connectivity index (χ1) is 23.1. The number of halogens is 1. The van der Waals surface area contributed by atoms with Crippen molar-refractivity contribution in [2.45, 2.75) is 44.1 Å². The van der Waals surface area contributed by atoms with Crippen molar-refractivity contribution in [3.8, 4) is 11.5 Å². The van der Waals surface area contributed by atoms with Crippen LogP contribution in [0.15, 0.2) is 83.7 Å². The van der Waals surface area contributed by atoms with Crippen LogP contribution in [0.4, 0.5) is 10.3 Å². The Morgan fingerprint density at radius 2 is 1.54 bits per heavy atom. The maximum absolute atomic E-state index is 16.2. The van der Waals surface area contributed by atoms with Crippen molar-refractivity contribution in [1.82, 2.24) is 19.5 Å². The number of alkyl halides is 1. The van der Waals surface area contributed by atoms with Crippen LogP contribution in [-0.4, -0.2) is 69.6 Å². The van der Waals surface area contributed by atoms with Crippen LogP contribution in [0.1, 0.15) is 47.4 Å². The van der Waals surface area contributed by atoms with Crippen molar-refractivity contribution < 1.29 is 33.2 Å². The van der Waals surface area contributed by atoms with E-state index in [4.69, 9.17) is 24.7 Å². The molecule has 4 atom stereocenters. The second-order valence-corrected chi connectivity index (χ2v) is 11.8. The van der Waals surface area contributed by atoms with Crippen molar-refractivity contribution in [2.24, 2.45) is 5.92 Å². The number of aliphatic hydroxyl groups excluding tert-OH is 1. The largest absolute Gasteiger partial charge is 0.497 e. The Morgan fingerprint density at radius 3 is 2.08 bits per heavy atom. The first kappa shape index (κ1) is 32.8. The monoisotopic (exact) mass is 657 g/mol. The summed E-state index contributed by atoms with van der Waals surface area (Å²) in [7, 11) is 3.15. The van der Waals surface area contributed by atoms with Crippen molar-refractivity contribution in [3.63, 3.8) is 0 Å². The molecule has 12 nitrogen and oxygen atoms in total. The molecule has 4 N–H and O–H groups in total. The number of fused-ring (bicyclic) bond motifs is 1. The number of Topliss-reactive ketones (excluding diaryl/α,β-unsaturated/α-hetero) is 1. The normalized spacial score (nSPS) is 19.6. The Kier molecular flexibility index (Phi) is 9.01. The van der Waals surface area contributed by atoms with Gasteiger partial charge < -0.3 is 29.8 Å². The summed E-state index contributed by atoms with van der Waals surface area (Å²) in [5.41, 5.74) is 5.70. The third-order valence-electron chi connectivity index (χ3n) is 8.50. The molecule has 5 aromatic rings. The maximum atomic E-state index is 16.2. The number of nitrogens with one attached hydrogen (secondary N) is 1. The molecule has 6 rings (SSSR count). The van der Waals surface area contributed by atoms with Crippen LogP contribution in [0.5, 0.6) is 11.5 Å². The number of H-pyrrole nitrogens is 1. The number of nitrogen functional groups attached to an aromatic ring is 1. The highest BCUT2D eigenvalue weighted by atomic mass is 19.1. The number of rotatable bonds is 11. The average molecular weight is 658 g/mol. The van der Waals surface area contributed by atoms with E-state index in [0.717, 1.165) is 21.3 Å². The van der Waals surface area contributed by atoms with Gasteiger partial charge in [-0.05, 0) is 41.0 Å². The molecule has 48 heavy (non-hydrogen) atoms. The molecular formula is C35H36FN5O7. The zero-order valence-corrected chi connectivity index (χ0v) is 26.8. The second kappa shape index (κ2) is 13.2. The average Bonchev–Trinajstić information content (AvgIpc) is 3.61. The van der Waals surface area contributed by atoms with Gasteiger partial charge in [-0.1, -0.05) is 68.4 Å². The molecule has 0 saturated carbocycles. The minimum absolute atomic E-state index is 0.142. The fourth-order valence-corrected chi connectivity index (χ4v) is 6.00. The second-order valence-electron chi connectivity index (χ2n) is 11.8. The molecule has 0 spiro atoms. The molecule has 250 valence electrons. The highest BCUT2D eigenvalue weighted by Crippen LogP contribution is 2.43. The number of benzene rings is 3. The molecule has 0 bridgehead atoms. The lowest BCUT2D eigenvalue weighted by atomic mass is 9.80.